The molecule has 0 spiro atoms. The Labute approximate surface area is 73.1 Å². The third kappa shape index (κ3) is 2.46. The fraction of sp³-hybridized carbons (Fsp3) is 0.400. The van der Waals surface area contributed by atoms with Crippen LogP contribution in [0.25, 0.3) is 0 Å². The molecule has 0 saturated carbocycles. The molecule has 0 fully saturated rings. The minimum atomic E-state index is 0.671. The lowest BCUT2D eigenvalue weighted by molar-refractivity contribution is 0.330. The molecule has 1 aromatic rings. The Hall–Kier alpha value is -1.18. The monoisotopic (exact) mass is 165 g/mol. The lowest BCUT2D eigenvalue weighted by atomic mass is 10.3. The van der Waals surface area contributed by atoms with E-state index in [-0.39, 0.29) is 0 Å². The van der Waals surface area contributed by atoms with E-state index in [0.29, 0.717) is 13.2 Å². The minimum Gasteiger partial charge on any atom is -0.494 e. The Kier molecular flexibility index (Phi) is 3.45. The minimum absolute atomic E-state index is 0.671. The van der Waals surface area contributed by atoms with Crippen molar-refractivity contribution in [3.63, 3.8) is 0 Å². The molecule has 0 aliphatic carbocycles. The number of ether oxygens (including phenoxy) is 2. The molecule has 1 rings (SSSR count). The van der Waals surface area contributed by atoms with Crippen molar-refractivity contribution in [2.45, 2.75) is 13.8 Å². The van der Waals surface area contributed by atoms with Gasteiger partial charge in [-0.3, -0.25) is 0 Å². The van der Waals surface area contributed by atoms with Crippen molar-refractivity contribution in [2.24, 2.45) is 0 Å². The van der Waals surface area contributed by atoms with E-state index in [1.54, 1.807) is 6.07 Å². The molecule has 0 atom stereocenters. The Balaban J connectivity index is 2.58. The summed E-state index contributed by atoms with van der Waals surface area (Å²) in [6.45, 7) is 5.26. The van der Waals surface area contributed by atoms with Crippen molar-refractivity contribution in [3.8, 4) is 11.5 Å². The van der Waals surface area contributed by atoms with Crippen LogP contribution in [0.5, 0.6) is 11.5 Å². The molecule has 12 heavy (non-hydrogen) atoms. The molecule has 65 valence electrons. The molecule has 0 unspecified atom stereocenters. The quantitative estimate of drug-likeness (QED) is 0.681. The molecular weight excluding hydrogens is 152 g/mol. The SMILES string of the molecule is CCOc1[c]cc(OCC)cc1. The second-order valence-electron chi connectivity index (χ2n) is 2.25. The van der Waals surface area contributed by atoms with Crippen LogP contribution in [0.4, 0.5) is 0 Å². The first kappa shape index (κ1) is 8.91. The van der Waals surface area contributed by atoms with E-state index in [4.69, 9.17) is 9.47 Å². The van der Waals surface area contributed by atoms with E-state index < -0.39 is 0 Å². The van der Waals surface area contributed by atoms with Crippen LogP contribution in [-0.4, -0.2) is 13.2 Å². The van der Waals surface area contributed by atoms with E-state index in [0.717, 1.165) is 11.5 Å². The Morgan fingerprint density at radius 1 is 1.17 bits per heavy atom. The van der Waals surface area contributed by atoms with E-state index in [2.05, 4.69) is 6.07 Å². The standard InChI is InChI=1S/C10H13O2/c1-3-11-9-5-7-10(8-6-9)12-4-2/h5-7H,3-4H2,1-2H3. The highest BCUT2D eigenvalue weighted by Gasteiger charge is 1.93. The van der Waals surface area contributed by atoms with Gasteiger partial charge in [-0.25, -0.2) is 0 Å². The summed E-state index contributed by atoms with van der Waals surface area (Å²) in [4.78, 5) is 0. The van der Waals surface area contributed by atoms with Gasteiger partial charge in [0, 0.05) is 6.07 Å². The third-order valence-corrected chi connectivity index (χ3v) is 1.37. The average Bonchev–Trinajstić information content (AvgIpc) is 2.09. The molecule has 0 bridgehead atoms. The molecule has 0 aliphatic heterocycles. The normalized spacial score (nSPS) is 9.50. The van der Waals surface area contributed by atoms with E-state index in [1.165, 1.54) is 0 Å². The van der Waals surface area contributed by atoms with Crippen molar-refractivity contribution >= 4 is 0 Å². The summed E-state index contributed by atoms with van der Waals surface area (Å²) >= 11 is 0. The van der Waals surface area contributed by atoms with Crippen LogP contribution in [-0.2, 0) is 0 Å². The molecule has 0 aliphatic rings. The predicted molar refractivity (Wildman–Crippen MR) is 47.6 cm³/mol. The zero-order chi connectivity index (χ0) is 8.81. The Morgan fingerprint density at radius 3 is 2.42 bits per heavy atom. The van der Waals surface area contributed by atoms with Gasteiger partial charge in [0.15, 0.2) is 0 Å². The molecule has 0 amide bonds. The summed E-state index contributed by atoms with van der Waals surface area (Å²) in [5.41, 5.74) is 0. The number of rotatable bonds is 4. The van der Waals surface area contributed by atoms with Crippen LogP contribution in [0.2, 0.25) is 0 Å². The lowest BCUT2D eigenvalue weighted by Gasteiger charge is -2.04. The molecule has 1 aromatic carbocycles. The van der Waals surface area contributed by atoms with Gasteiger partial charge >= 0.3 is 0 Å². The van der Waals surface area contributed by atoms with Gasteiger partial charge in [-0.15, -0.1) is 0 Å². The van der Waals surface area contributed by atoms with Gasteiger partial charge in [0.2, 0.25) is 0 Å². The zero-order valence-corrected chi connectivity index (χ0v) is 7.46. The second kappa shape index (κ2) is 4.65. The van der Waals surface area contributed by atoms with Crippen LogP contribution < -0.4 is 9.47 Å². The first-order valence-corrected chi connectivity index (χ1v) is 4.14. The molecule has 2 nitrogen and oxygen atoms in total. The molecular formula is C10H13O2. The van der Waals surface area contributed by atoms with E-state index in [9.17, 15) is 0 Å². The summed E-state index contributed by atoms with van der Waals surface area (Å²) in [7, 11) is 0. The van der Waals surface area contributed by atoms with Crippen LogP contribution in [0.1, 0.15) is 13.8 Å². The first-order valence-electron chi connectivity index (χ1n) is 4.14. The van der Waals surface area contributed by atoms with Crippen molar-refractivity contribution in [2.75, 3.05) is 13.2 Å². The summed E-state index contributed by atoms with van der Waals surface area (Å²) in [6.07, 6.45) is 0. The molecule has 1 radical (unpaired) electrons. The van der Waals surface area contributed by atoms with Gasteiger partial charge in [0.1, 0.15) is 11.5 Å². The highest BCUT2D eigenvalue weighted by atomic mass is 16.5. The topological polar surface area (TPSA) is 18.5 Å². The van der Waals surface area contributed by atoms with Gasteiger partial charge in [-0.05, 0) is 32.0 Å². The predicted octanol–water partition coefficient (Wildman–Crippen LogP) is 2.28. The summed E-state index contributed by atoms with van der Waals surface area (Å²) in [5.74, 6) is 1.60. The fourth-order valence-corrected chi connectivity index (χ4v) is 0.898. The fourth-order valence-electron chi connectivity index (χ4n) is 0.898. The highest BCUT2D eigenvalue weighted by molar-refractivity contribution is 5.29. The van der Waals surface area contributed by atoms with Crippen molar-refractivity contribution in [3.05, 3.63) is 24.3 Å². The number of hydrogen-bond acceptors (Lipinski definition) is 2. The van der Waals surface area contributed by atoms with Crippen LogP contribution in [0, 0.1) is 6.07 Å². The lowest BCUT2D eigenvalue weighted by Crippen LogP contribution is -1.93. The van der Waals surface area contributed by atoms with Crippen molar-refractivity contribution in [1.82, 2.24) is 0 Å². The van der Waals surface area contributed by atoms with Crippen LogP contribution in [0.3, 0.4) is 0 Å². The summed E-state index contributed by atoms with van der Waals surface area (Å²) in [5, 5.41) is 0. The zero-order valence-electron chi connectivity index (χ0n) is 7.46. The molecule has 0 aromatic heterocycles. The van der Waals surface area contributed by atoms with Crippen LogP contribution >= 0.6 is 0 Å². The first-order chi connectivity index (χ1) is 5.86. The van der Waals surface area contributed by atoms with Gasteiger partial charge in [-0.1, -0.05) is 0 Å². The molecule has 2 heteroatoms. The van der Waals surface area contributed by atoms with Gasteiger partial charge < -0.3 is 9.47 Å². The molecule has 0 N–H and O–H groups in total. The van der Waals surface area contributed by atoms with Crippen molar-refractivity contribution in [1.29, 1.82) is 0 Å². The second-order valence-corrected chi connectivity index (χ2v) is 2.25. The summed E-state index contributed by atoms with van der Waals surface area (Å²) in [6, 6.07) is 8.50. The Morgan fingerprint density at radius 2 is 1.92 bits per heavy atom. The Bertz CT molecular complexity index is 191. The van der Waals surface area contributed by atoms with Gasteiger partial charge in [0.25, 0.3) is 0 Å². The van der Waals surface area contributed by atoms with E-state index >= 15 is 0 Å². The maximum absolute atomic E-state index is 5.25. The summed E-state index contributed by atoms with van der Waals surface area (Å²) < 4.78 is 10.5. The van der Waals surface area contributed by atoms with Gasteiger partial charge in [0.05, 0.1) is 13.2 Å². The largest absolute Gasteiger partial charge is 0.494 e. The maximum Gasteiger partial charge on any atom is 0.127 e. The number of benzene rings is 1. The van der Waals surface area contributed by atoms with E-state index in [1.807, 2.05) is 26.0 Å². The van der Waals surface area contributed by atoms with Gasteiger partial charge in [-0.2, -0.15) is 0 Å². The van der Waals surface area contributed by atoms with Crippen molar-refractivity contribution < 1.29 is 9.47 Å². The smallest absolute Gasteiger partial charge is 0.127 e. The van der Waals surface area contributed by atoms with Crippen LogP contribution in [0.15, 0.2) is 18.2 Å². The molecule has 0 saturated heterocycles. The third-order valence-electron chi connectivity index (χ3n) is 1.37. The maximum atomic E-state index is 5.25. The number of hydrogen-bond donors (Lipinski definition) is 0. The average molecular weight is 165 g/mol. The highest BCUT2D eigenvalue weighted by Crippen LogP contribution is 2.16. The molecule has 0 heterocycles.